The lowest BCUT2D eigenvalue weighted by molar-refractivity contribution is 0.653. The molecule has 0 aliphatic rings. The Kier molecular flexibility index (Phi) is 1.84. The van der Waals surface area contributed by atoms with Crippen molar-refractivity contribution in [2.75, 3.05) is 0 Å². The van der Waals surface area contributed by atoms with E-state index in [0.717, 1.165) is 0 Å². The lowest BCUT2D eigenvalue weighted by atomic mass is 10.1. The van der Waals surface area contributed by atoms with E-state index in [0.29, 0.717) is 0 Å². The van der Waals surface area contributed by atoms with Crippen molar-refractivity contribution < 1.29 is 0 Å². The minimum atomic E-state index is -0.255. The van der Waals surface area contributed by atoms with Gasteiger partial charge in [-0.3, -0.25) is 0 Å². The summed E-state index contributed by atoms with van der Waals surface area (Å²) in [4.78, 5) is 0. The number of hydrogen-bond acceptors (Lipinski definition) is 2. The first-order valence-corrected chi connectivity index (χ1v) is 2.24. The normalized spacial score (nSPS) is 13.0. The summed E-state index contributed by atoms with van der Waals surface area (Å²) in [5, 5.41) is 0. The Bertz CT molecular complexity index is 68.6. The van der Waals surface area contributed by atoms with Crippen LogP contribution in [0.1, 0.15) is 13.8 Å². The van der Waals surface area contributed by atoms with Crippen LogP contribution in [0.4, 0.5) is 0 Å². The topological polar surface area (TPSA) is 52.0 Å². The molecule has 2 heteroatoms. The van der Waals surface area contributed by atoms with Crippen LogP contribution in [-0.4, -0.2) is 5.54 Å². The van der Waals surface area contributed by atoms with E-state index in [1.807, 2.05) is 13.8 Å². The second-order valence-electron chi connectivity index (χ2n) is 2.18. The SMILES string of the molecule is CC(C)(N)/C=C/N. The summed E-state index contributed by atoms with van der Waals surface area (Å²) in [6.07, 6.45) is 3.20. The molecule has 0 radical (unpaired) electrons. The fourth-order valence-electron chi connectivity index (χ4n) is 0.248. The minimum absolute atomic E-state index is 0.255. The first-order chi connectivity index (χ1) is 3.06. The van der Waals surface area contributed by atoms with Gasteiger partial charge in [0.2, 0.25) is 0 Å². The van der Waals surface area contributed by atoms with Crippen molar-refractivity contribution in [3.8, 4) is 0 Å². The smallest absolute Gasteiger partial charge is 0.0298 e. The monoisotopic (exact) mass is 100 g/mol. The Morgan fingerprint density at radius 3 is 1.86 bits per heavy atom. The summed E-state index contributed by atoms with van der Waals surface area (Å²) in [5.41, 5.74) is 10.3. The summed E-state index contributed by atoms with van der Waals surface area (Å²) < 4.78 is 0. The van der Waals surface area contributed by atoms with Crippen LogP contribution < -0.4 is 11.5 Å². The van der Waals surface area contributed by atoms with Crippen molar-refractivity contribution in [3.05, 3.63) is 12.3 Å². The van der Waals surface area contributed by atoms with Gasteiger partial charge in [-0.25, -0.2) is 0 Å². The van der Waals surface area contributed by atoms with Crippen LogP contribution in [0, 0.1) is 0 Å². The molecule has 0 aromatic heterocycles. The van der Waals surface area contributed by atoms with Crippen molar-refractivity contribution in [3.63, 3.8) is 0 Å². The van der Waals surface area contributed by atoms with Crippen LogP contribution in [0.3, 0.4) is 0 Å². The number of rotatable bonds is 1. The van der Waals surface area contributed by atoms with Gasteiger partial charge in [-0.1, -0.05) is 0 Å². The van der Waals surface area contributed by atoms with Crippen LogP contribution in [0.2, 0.25) is 0 Å². The molecule has 4 N–H and O–H groups in total. The van der Waals surface area contributed by atoms with E-state index >= 15 is 0 Å². The Balaban J connectivity index is 3.56. The third-order valence-corrected chi connectivity index (χ3v) is 0.526. The van der Waals surface area contributed by atoms with E-state index < -0.39 is 0 Å². The molecule has 2 nitrogen and oxygen atoms in total. The highest BCUT2D eigenvalue weighted by Gasteiger charge is 2.01. The average molecular weight is 100 g/mol. The van der Waals surface area contributed by atoms with Gasteiger partial charge in [0.25, 0.3) is 0 Å². The highest BCUT2D eigenvalue weighted by molar-refractivity contribution is 4.95. The maximum Gasteiger partial charge on any atom is 0.0298 e. The van der Waals surface area contributed by atoms with Gasteiger partial charge in [0.15, 0.2) is 0 Å². The van der Waals surface area contributed by atoms with E-state index in [9.17, 15) is 0 Å². The maximum atomic E-state index is 5.48. The van der Waals surface area contributed by atoms with Gasteiger partial charge >= 0.3 is 0 Å². The standard InChI is InChI=1S/C5H12N2/c1-5(2,7)3-4-6/h3-4H,6-7H2,1-2H3/b4-3+. The summed E-state index contributed by atoms with van der Waals surface area (Å²) in [6.45, 7) is 3.77. The van der Waals surface area contributed by atoms with Gasteiger partial charge in [0.05, 0.1) is 0 Å². The molecule has 7 heavy (non-hydrogen) atoms. The van der Waals surface area contributed by atoms with E-state index in [1.54, 1.807) is 6.08 Å². The van der Waals surface area contributed by atoms with Crippen LogP contribution in [0.5, 0.6) is 0 Å². The van der Waals surface area contributed by atoms with Gasteiger partial charge in [0.1, 0.15) is 0 Å². The van der Waals surface area contributed by atoms with Gasteiger partial charge in [-0.2, -0.15) is 0 Å². The zero-order valence-corrected chi connectivity index (χ0v) is 4.81. The average Bonchev–Trinajstić information content (AvgIpc) is 1.30. The van der Waals surface area contributed by atoms with Crippen LogP contribution in [0.25, 0.3) is 0 Å². The fourth-order valence-corrected chi connectivity index (χ4v) is 0.248. The minimum Gasteiger partial charge on any atom is -0.405 e. The molecule has 0 rings (SSSR count). The highest BCUT2D eigenvalue weighted by atomic mass is 14.7. The summed E-state index contributed by atoms with van der Waals surface area (Å²) >= 11 is 0. The summed E-state index contributed by atoms with van der Waals surface area (Å²) in [7, 11) is 0. The van der Waals surface area contributed by atoms with Gasteiger partial charge in [-0.05, 0) is 26.1 Å². The van der Waals surface area contributed by atoms with Crippen molar-refractivity contribution in [2.45, 2.75) is 19.4 Å². The molecule has 0 amide bonds. The Morgan fingerprint density at radius 2 is 1.86 bits per heavy atom. The second kappa shape index (κ2) is 1.98. The Labute approximate surface area is 44.2 Å². The molecule has 0 saturated heterocycles. The van der Waals surface area contributed by atoms with Crippen LogP contribution >= 0.6 is 0 Å². The van der Waals surface area contributed by atoms with Gasteiger partial charge in [-0.15, -0.1) is 0 Å². The number of nitrogens with two attached hydrogens (primary N) is 2. The predicted octanol–water partition coefficient (Wildman–Crippen LogP) is 0.196. The Hall–Kier alpha value is -0.500. The largest absolute Gasteiger partial charge is 0.405 e. The van der Waals surface area contributed by atoms with Crippen molar-refractivity contribution in [1.82, 2.24) is 0 Å². The Morgan fingerprint density at radius 1 is 1.43 bits per heavy atom. The van der Waals surface area contributed by atoms with Crippen LogP contribution in [0.15, 0.2) is 12.3 Å². The van der Waals surface area contributed by atoms with E-state index in [4.69, 9.17) is 11.5 Å². The van der Waals surface area contributed by atoms with E-state index in [2.05, 4.69) is 0 Å². The quantitative estimate of drug-likeness (QED) is 0.494. The molecule has 0 aromatic carbocycles. The van der Waals surface area contributed by atoms with E-state index in [-0.39, 0.29) is 5.54 Å². The van der Waals surface area contributed by atoms with Crippen LogP contribution in [-0.2, 0) is 0 Å². The van der Waals surface area contributed by atoms with E-state index in [1.165, 1.54) is 6.20 Å². The molecule has 0 saturated carbocycles. The zero-order chi connectivity index (χ0) is 5.91. The molecular formula is C5H12N2. The first kappa shape index (κ1) is 6.50. The molecule has 0 heterocycles. The summed E-state index contributed by atoms with van der Waals surface area (Å²) in [5.74, 6) is 0. The summed E-state index contributed by atoms with van der Waals surface area (Å²) in [6, 6.07) is 0. The molecular weight excluding hydrogens is 88.1 g/mol. The molecule has 0 aromatic rings. The first-order valence-electron chi connectivity index (χ1n) is 2.24. The van der Waals surface area contributed by atoms with Crippen molar-refractivity contribution in [1.29, 1.82) is 0 Å². The van der Waals surface area contributed by atoms with Crippen molar-refractivity contribution >= 4 is 0 Å². The molecule has 0 fully saturated rings. The molecule has 0 bridgehead atoms. The van der Waals surface area contributed by atoms with Crippen molar-refractivity contribution in [2.24, 2.45) is 11.5 Å². The third-order valence-electron chi connectivity index (χ3n) is 0.526. The third kappa shape index (κ3) is 5.50. The molecule has 0 aliphatic heterocycles. The molecule has 0 atom stereocenters. The lowest BCUT2D eigenvalue weighted by Gasteiger charge is -2.09. The molecule has 0 unspecified atom stereocenters. The second-order valence-corrected chi connectivity index (χ2v) is 2.18. The maximum absolute atomic E-state index is 5.48. The van der Waals surface area contributed by atoms with Gasteiger partial charge < -0.3 is 11.5 Å². The molecule has 0 aliphatic carbocycles. The molecule has 0 spiro atoms. The predicted molar refractivity (Wildman–Crippen MR) is 31.6 cm³/mol. The molecule has 42 valence electrons. The zero-order valence-electron chi connectivity index (χ0n) is 4.81. The highest BCUT2D eigenvalue weighted by Crippen LogP contribution is 1.94. The number of hydrogen-bond donors (Lipinski definition) is 2. The van der Waals surface area contributed by atoms with Gasteiger partial charge in [0, 0.05) is 5.54 Å². The lowest BCUT2D eigenvalue weighted by Crippen LogP contribution is -2.28. The fraction of sp³-hybridized carbons (Fsp3) is 0.600.